The number of thiocarbonyl (C=S) groups is 1. The molecule has 0 aliphatic carbocycles. The fourth-order valence-corrected chi connectivity index (χ4v) is 2.84. The van der Waals surface area contributed by atoms with Gasteiger partial charge in [-0.1, -0.05) is 0 Å². The van der Waals surface area contributed by atoms with Crippen LogP contribution in [0, 0.1) is 0 Å². The van der Waals surface area contributed by atoms with Gasteiger partial charge in [-0.05, 0) is 39.9 Å². The van der Waals surface area contributed by atoms with Gasteiger partial charge in [-0.3, -0.25) is 9.99 Å². The first-order chi connectivity index (χ1) is 7.75. The molecule has 0 aromatic rings. The molecule has 0 bridgehead atoms. The molecule has 0 aromatic carbocycles. The molecule has 0 fully saturated rings. The van der Waals surface area contributed by atoms with Crippen LogP contribution in [-0.4, -0.2) is 29.7 Å². The van der Waals surface area contributed by atoms with Gasteiger partial charge in [0.1, 0.15) is 0 Å². The second-order valence-electron chi connectivity index (χ2n) is 3.89. The van der Waals surface area contributed by atoms with Crippen molar-refractivity contribution in [3.05, 3.63) is 0 Å². The van der Waals surface area contributed by atoms with Crippen molar-refractivity contribution in [3.63, 3.8) is 0 Å². The van der Waals surface area contributed by atoms with Gasteiger partial charge in [0.15, 0.2) is 5.11 Å². The average Bonchev–Trinajstić information content (AvgIpc) is 2.09. The van der Waals surface area contributed by atoms with Gasteiger partial charge in [0.05, 0.1) is 18.4 Å². The highest BCUT2D eigenvalue weighted by Gasteiger charge is 2.26. The lowest BCUT2D eigenvalue weighted by Gasteiger charge is -2.21. The molecule has 0 atom stereocenters. The molecule has 0 aromatic heterocycles. The molecule has 0 saturated carbocycles. The van der Waals surface area contributed by atoms with Crippen molar-refractivity contribution in [2.75, 3.05) is 6.16 Å². The number of nitrogens with two attached hydrogens (primary N) is 1. The van der Waals surface area contributed by atoms with Crippen molar-refractivity contribution in [1.82, 2.24) is 5.43 Å². The van der Waals surface area contributed by atoms with E-state index in [-0.39, 0.29) is 23.5 Å². The summed E-state index contributed by atoms with van der Waals surface area (Å²) in [5, 5.41) is 3.74. The maximum atomic E-state index is 12.3. The van der Waals surface area contributed by atoms with Crippen molar-refractivity contribution in [2.24, 2.45) is 10.8 Å². The van der Waals surface area contributed by atoms with E-state index in [2.05, 4.69) is 22.7 Å². The van der Waals surface area contributed by atoms with Crippen LogP contribution in [0.1, 0.15) is 27.7 Å². The third kappa shape index (κ3) is 9.23. The predicted octanol–water partition coefficient (Wildman–Crippen LogP) is 1.85. The summed E-state index contributed by atoms with van der Waals surface area (Å²) in [6.07, 6.45) is 1.08. The molecule has 0 radical (unpaired) electrons. The van der Waals surface area contributed by atoms with Crippen molar-refractivity contribution in [1.29, 1.82) is 0 Å². The van der Waals surface area contributed by atoms with Gasteiger partial charge in [0.25, 0.3) is 0 Å². The van der Waals surface area contributed by atoms with Gasteiger partial charge < -0.3 is 14.8 Å². The predicted molar refractivity (Wildman–Crippen MR) is 73.3 cm³/mol. The van der Waals surface area contributed by atoms with Crippen molar-refractivity contribution in [3.8, 4) is 0 Å². The minimum Gasteiger partial charge on any atom is -0.375 e. The molecule has 8 heteroatoms. The molecule has 100 valence electrons. The van der Waals surface area contributed by atoms with Crippen LogP contribution in [-0.2, 0) is 13.6 Å². The Morgan fingerprint density at radius 3 is 2.24 bits per heavy atom. The fourth-order valence-electron chi connectivity index (χ4n) is 1.00. The van der Waals surface area contributed by atoms with E-state index < -0.39 is 7.60 Å². The molecule has 0 unspecified atom stereocenters. The van der Waals surface area contributed by atoms with E-state index in [1.54, 1.807) is 27.7 Å². The first-order valence-electron chi connectivity index (χ1n) is 5.28. The second-order valence-corrected chi connectivity index (χ2v) is 6.34. The van der Waals surface area contributed by atoms with E-state index >= 15 is 0 Å². The lowest BCUT2D eigenvalue weighted by atomic mass is 10.5. The summed E-state index contributed by atoms with van der Waals surface area (Å²) >= 11 is 4.56. The molecule has 0 rings (SSSR count). The van der Waals surface area contributed by atoms with Crippen LogP contribution in [0.15, 0.2) is 5.10 Å². The zero-order valence-electron chi connectivity index (χ0n) is 10.5. The van der Waals surface area contributed by atoms with Gasteiger partial charge in [0.2, 0.25) is 0 Å². The second kappa shape index (κ2) is 7.76. The zero-order chi connectivity index (χ0) is 13.5. The Hall–Kier alpha value is -0.490. The number of hydrazone groups is 1. The minimum atomic E-state index is -3.16. The third-order valence-electron chi connectivity index (χ3n) is 1.31. The summed E-state index contributed by atoms with van der Waals surface area (Å²) in [7, 11) is -3.16. The number of hydrogen-bond donors (Lipinski definition) is 2. The lowest BCUT2D eigenvalue weighted by Crippen LogP contribution is -2.24. The average molecular weight is 281 g/mol. The molecular formula is C9H20N3O3PS. The third-order valence-corrected chi connectivity index (χ3v) is 3.50. The largest absolute Gasteiger partial charge is 0.375 e. The smallest absolute Gasteiger partial charge is 0.336 e. The molecule has 0 aliphatic heterocycles. The van der Waals surface area contributed by atoms with Crippen molar-refractivity contribution >= 4 is 31.1 Å². The Bertz CT molecular complexity index is 307. The van der Waals surface area contributed by atoms with E-state index in [0.717, 1.165) is 0 Å². The summed E-state index contributed by atoms with van der Waals surface area (Å²) < 4.78 is 22.9. The number of nitrogens with one attached hydrogen (secondary N) is 1. The molecule has 0 amide bonds. The van der Waals surface area contributed by atoms with Gasteiger partial charge in [-0.25, -0.2) is 0 Å². The van der Waals surface area contributed by atoms with Crippen LogP contribution >= 0.6 is 19.8 Å². The Balaban J connectivity index is 4.43. The summed E-state index contributed by atoms with van der Waals surface area (Å²) in [4.78, 5) is 0. The Kier molecular flexibility index (Phi) is 7.54. The Labute approximate surface area is 107 Å². The first kappa shape index (κ1) is 16.5. The normalized spacial score (nSPS) is 12.6. The summed E-state index contributed by atoms with van der Waals surface area (Å²) in [5.74, 6) is 0. The highest BCUT2D eigenvalue weighted by molar-refractivity contribution is 7.80. The maximum absolute atomic E-state index is 12.3. The zero-order valence-corrected chi connectivity index (χ0v) is 12.3. The topological polar surface area (TPSA) is 85.9 Å². The molecule has 3 N–H and O–H groups in total. The van der Waals surface area contributed by atoms with E-state index in [1.807, 2.05) is 0 Å². The standard InChI is InChI=1S/C9H20N3O3PS/c1-7(2)14-16(13,15-8(3)4)6-5-11-12-9(10)17/h5,7-8H,6H2,1-4H3,(H3,10,12,17). The lowest BCUT2D eigenvalue weighted by molar-refractivity contribution is 0.145. The van der Waals surface area contributed by atoms with Crippen LogP contribution < -0.4 is 11.2 Å². The van der Waals surface area contributed by atoms with Gasteiger partial charge in [-0.15, -0.1) is 0 Å². The molecule has 0 aliphatic rings. The fraction of sp³-hybridized carbons (Fsp3) is 0.778. The summed E-state index contributed by atoms with van der Waals surface area (Å²) in [5.41, 5.74) is 7.55. The Morgan fingerprint density at radius 1 is 1.41 bits per heavy atom. The summed E-state index contributed by atoms with van der Waals surface area (Å²) in [6.45, 7) is 7.17. The van der Waals surface area contributed by atoms with E-state index in [1.165, 1.54) is 6.21 Å². The van der Waals surface area contributed by atoms with Crippen LogP contribution in [0.25, 0.3) is 0 Å². The highest BCUT2D eigenvalue weighted by Crippen LogP contribution is 2.49. The quantitative estimate of drug-likeness (QED) is 0.320. The van der Waals surface area contributed by atoms with Gasteiger partial charge >= 0.3 is 7.60 Å². The van der Waals surface area contributed by atoms with Crippen LogP contribution in [0.4, 0.5) is 0 Å². The van der Waals surface area contributed by atoms with E-state index in [4.69, 9.17) is 14.8 Å². The highest BCUT2D eigenvalue weighted by atomic mass is 32.1. The number of nitrogens with zero attached hydrogens (tertiary/aromatic N) is 1. The SMILES string of the molecule is CC(C)OP(=O)(CC=NNC(N)=S)OC(C)C. The maximum Gasteiger partial charge on any atom is 0.336 e. The van der Waals surface area contributed by atoms with E-state index in [9.17, 15) is 4.57 Å². The van der Waals surface area contributed by atoms with Crippen LogP contribution in [0.5, 0.6) is 0 Å². The van der Waals surface area contributed by atoms with Crippen molar-refractivity contribution in [2.45, 2.75) is 39.9 Å². The minimum absolute atomic E-state index is 0.0469. The Morgan fingerprint density at radius 2 is 1.88 bits per heavy atom. The molecule has 6 nitrogen and oxygen atoms in total. The molecule has 0 heterocycles. The molecule has 17 heavy (non-hydrogen) atoms. The number of rotatable bonds is 7. The van der Waals surface area contributed by atoms with Crippen LogP contribution in [0.2, 0.25) is 0 Å². The van der Waals surface area contributed by atoms with Gasteiger partial charge in [0, 0.05) is 6.21 Å². The summed E-state index contributed by atoms with van der Waals surface area (Å²) in [6, 6.07) is 0. The molecule has 0 saturated heterocycles. The van der Waals surface area contributed by atoms with Gasteiger partial charge in [-0.2, -0.15) is 5.10 Å². The van der Waals surface area contributed by atoms with Crippen molar-refractivity contribution < 1.29 is 13.6 Å². The monoisotopic (exact) mass is 281 g/mol. The molecule has 0 spiro atoms. The molecular weight excluding hydrogens is 261 g/mol. The van der Waals surface area contributed by atoms with E-state index in [0.29, 0.717) is 0 Å². The first-order valence-corrected chi connectivity index (χ1v) is 7.41. The number of hydrogen-bond acceptors (Lipinski definition) is 5. The van der Waals surface area contributed by atoms with Crippen LogP contribution in [0.3, 0.4) is 0 Å².